The van der Waals surface area contributed by atoms with Crippen LogP contribution in [0.2, 0.25) is 5.02 Å². The molecule has 0 saturated carbocycles. The Morgan fingerprint density at radius 3 is 2.80 bits per heavy atom. The average Bonchev–Trinajstić information content (AvgIpc) is 2.66. The van der Waals surface area contributed by atoms with Crippen LogP contribution in [-0.4, -0.2) is 10.2 Å². The molecule has 1 aromatic heterocycles. The number of aromatic nitrogens is 2. The van der Waals surface area contributed by atoms with E-state index in [1.807, 2.05) is 0 Å². The first-order chi connectivity index (χ1) is 7.20. The molecule has 0 aliphatic rings. The van der Waals surface area contributed by atoms with Gasteiger partial charge in [0.05, 0.1) is 0 Å². The summed E-state index contributed by atoms with van der Waals surface area (Å²) in [6, 6.07) is 4.45. The molecule has 0 amide bonds. The minimum atomic E-state index is -0.401. The molecule has 3 nitrogen and oxygen atoms in total. The van der Waals surface area contributed by atoms with Crippen LogP contribution in [0.15, 0.2) is 18.2 Å². The highest BCUT2D eigenvalue weighted by atomic mass is 35.5. The zero-order chi connectivity index (χ0) is 10.8. The zero-order valence-corrected chi connectivity index (χ0v) is 9.15. The lowest BCUT2D eigenvalue weighted by Crippen LogP contribution is -1.94. The first-order valence-corrected chi connectivity index (χ1v) is 5.38. The maximum atomic E-state index is 13.5. The second kappa shape index (κ2) is 4.22. The van der Waals surface area contributed by atoms with Crippen molar-refractivity contribution in [3.63, 3.8) is 0 Å². The smallest absolute Gasteiger partial charge is 0.150 e. The summed E-state index contributed by atoms with van der Waals surface area (Å²) in [6.45, 7) is 0.312. The van der Waals surface area contributed by atoms with Crippen molar-refractivity contribution in [2.45, 2.75) is 6.54 Å². The second-order valence-electron chi connectivity index (χ2n) is 2.83. The lowest BCUT2D eigenvalue weighted by molar-refractivity contribution is 0.631. The maximum Gasteiger partial charge on any atom is 0.150 e. The number of halogens is 2. The summed E-state index contributed by atoms with van der Waals surface area (Å²) >= 11 is 6.92. The average molecular weight is 244 g/mol. The van der Waals surface area contributed by atoms with Crippen LogP contribution >= 0.6 is 22.9 Å². The van der Waals surface area contributed by atoms with E-state index in [1.165, 1.54) is 17.4 Å². The Morgan fingerprint density at radius 1 is 1.40 bits per heavy atom. The summed E-state index contributed by atoms with van der Waals surface area (Å²) in [4.78, 5) is 0. The molecular weight excluding hydrogens is 237 g/mol. The summed E-state index contributed by atoms with van der Waals surface area (Å²) in [5.74, 6) is -0.401. The van der Waals surface area contributed by atoms with Gasteiger partial charge in [0.1, 0.15) is 10.8 Å². The van der Waals surface area contributed by atoms with Crippen molar-refractivity contribution in [1.29, 1.82) is 0 Å². The molecule has 0 fully saturated rings. The van der Waals surface area contributed by atoms with Crippen molar-refractivity contribution in [2.75, 3.05) is 0 Å². The Morgan fingerprint density at radius 2 is 2.20 bits per heavy atom. The van der Waals surface area contributed by atoms with Crippen LogP contribution in [-0.2, 0) is 6.54 Å². The highest BCUT2D eigenvalue weighted by Gasteiger charge is 2.10. The Kier molecular flexibility index (Phi) is 2.95. The van der Waals surface area contributed by atoms with E-state index in [4.69, 9.17) is 17.3 Å². The third-order valence-corrected chi connectivity index (χ3v) is 3.02. The van der Waals surface area contributed by atoms with E-state index in [-0.39, 0.29) is 0 Å². The van der Waals surface area contributed by atoms with Gasteiger partial charge >= 0.3 is 0 Å². The largest absolute Gasteiger partial charge is 0.324 e. The predicted molar refractivity (Wildman–Crippen MR) is 58.2 cm³/mol. The van der Waals surface area contributed by atoms with Crippen molar-refractivity contribution in [3.8, 4) is 10.6 Å². The molecule has 15 heavy (non-hydrogen) atoms. The standard InChI is InChI=1S/C9H7ClFN3S/c10-5-1-2-6(7(11)3-5)9-14-13-8(4-12)15-9/h1-3H,4,12H2. The second-order valence-corrected chi connectivity index (χ2v) is 4.33. The van der Waals surface area contributed by atoms with Crippen molar-refractivity contribution in [3.05, 3.63) is 34.0 Å². The SMILES string of the molecule is NCc1nnc(-c2ccc(Cl)cc2F)s1. The molecule has 78 valence electrons. The minimum Gasteiger partial charge on any atom is -0.324 e. The Balaban J connectivity index is 2.44. The van der Waals surface area contributed by atoms with Crippen molar-refractivity contribution >= 4 is 22.9 Å². The Hall–Kier alpha value is -1.04. The number of hydrogen-bond acceptors (Lipinski definition) is 4. The predicted octanol–water partition coefficient (Wildman–Crippen LogP) is 2.46. The highest BCUT2D eigenvalue weighted by Crippen LogP contribution is 2.27. The van der Waals surface area contributed by atoms with Crippen LogP contribution in [0.5, 0.6) is 0 Å². The van der Waals surface area contributed by atoms with Gasteiger partial charge in [-0.1, -0.05) is 22.9 Å². The van der Waals surface area contributed by atoms with Gasteiger partial charge < -0.3 is 5.73 Å². The van der Waals surface area contributed by atoms with Gasteiger partial charge in [0.25, 0.3) is 0 Å². The molecule has 0 saturated heterocycles. The van der Waals surface area contributed by atoms with E-state index < -0.39 is 5.82 Å². The molecule has 2 N–H and O–H groups in total. The van der Waals surface area contributed by atoms with Crippen LogP contribution in [0.1, 0.15) is 5.01 Å². The number of benzene rings is 1. The number of hydrogen-bond donors (Lipinski definition) is 1. The molecule has 0 radical (unpaired) electrons. The van der Waals surface area contributed by atoms with E-state index in [1.54, 1.807) is 12.1 Å². The zero-order valence-electron chi connectivity index (χ0n) is 7.58. The monoisotopic (exact) mass is 243 g/mol. The summed E-state index contributed by atoms with van der Waals surface area (Å²) in [7, 11) is 0. The van der Waals surface area contributed by atoms with Gasteiger partial charge in [-0.15, -0.1) is 10.2 Å². The molecule has 2 aromatic rings. The Bertz CT molecular complexity index is 486. The molecule has 6 heteroatoms. The molecule has 0 aliphatic heterocycles. The van der Waals surface area contributed by atoms with Crippen LogP contribution in [0.4, 0.5) is 4.39 Å². The quantitative estimate of drug-likeness (QED) is 0.882. The third kappa shape index (κ3) is 2.14. The molecule has 0 unspecified atom stereocenters. The van der Waals surface area contributed by atoms with Crippen molar-refractivity contribution in [2.24, 2.45) is 5.73 Å². The van der Waals surface area contributed by atoms with Gasteiger partial charge in [0.2, 0.25) is 0 Å². The normalized spacial score (nSPS) is 10.6. The van der Waals surface area contributed by atoms with Crippen molar-refractivity contribution < 1.29 is 4.39 Å². The molecule has 1 heterocycles. The van der Waals surface area contributed by atoms with Crippen LogP contribution in [0.3, 0.4) is 0 Å². The van der Waals surface area contributed by atoms with Gasteiger partial charge in [-0.05, 0) is 18.2 Å². The number of rotatable bonds is 2. The fourth-order valence-electron chi connectivity index (χ4n) is 1.11. The fraction of sp³-hybridized carbons (Fsp3) is 0.111. The van der Waals surface area contributed by atoms with Gasteiger partial charge in [-0.25, -0.2) is 4.39 Å². The summed E-state index contributed by atoms with van der Waals surface area (Å²) < 4.78 is 13.5. The lowest BCUT2D eigenvalue weighted by Gasteiger charge is -1.97. The topological polar surface area (TPSA) is 51.8 Å². The Labute approximate surface area is 94.7 Å². The first-order valence-electron chi connectivity index (χ1n) is 4.18. The van der Waals surface area contributed by atoms with Gasteiger partial charge in [0, 0.05) is 17.1 Å². The molecule has 0 bridgehead atoms. The van der Waals surface area contributed by atoms with Gasteiger partial charge in [-0.2, -0.15) is 0 Å². The van der Waals surface area contributed by atoms with E-state index in [0.717, 1.165) is 0 Å². The number of nitrogens with zero attached hydrogens (tertiary/aromatic N) is 2. The third-order valence-electron chi connectivity index (χ3n) is 1.80. The lowest BCUT2D eigenvalue weighted by atomic mass is 10.2. The van der Waals surface area contributed by atoms with E-state index in [9.17, 15) is 4.39 Å². The summed E-state index contributed by atoms with van der Waals surface area (Å²) in [5, 5.41) is 9.23. The van der Waals surface area contributed by atoms with E-state index in [0.29, 0.717) is 27.1 Å². The van der Waals surface area contributed by atoms with Crippen molar-refractivity contribution in [1.82, 2.24) is 10.2 Å². The molecule has 0 atom stereocenters. The highest BCUT2D eigenvalue weighted by molar-refractivity contribution is 7.14. The minimum absolute atomic E-state index is 0.312. The number of nitrogens with two attached hydrogens (primary N) is 1. The molecule has 1 aromatic carbocycles. The maximum absolute atomic E-state index is 13.5. The van der Waals surface area contributed by atoms with E-state index >= 15 is 0 Å². The fourth-order valence-corrected chi connectivity index (χ4v) is 2.01. The van der Waals surface area contributed by atoms with E-state index in [2.05, 4.69) is 10.2 Å². The molecule has 0 spiro atoms. The summed E-state index contributed by atoms with van der Waals surface area (Å²) in [6.07, 6.45) is 0. The summed E-state index contributed by atoms with van der Waals surface area (Å²) in [5.41, 5.74) is 5.80. The van der Waals surface area contributed by atoms with Gasteiger partial charge in [0.15, 0.2) is 5.01 Å². The van der Waals surface area contributed by atoms with Crippen LogP contribution in [0.25, 0.3) is 10.6 Å². The van der Waals surface area contributed by atoms with Gasteiger partial charge in [-0.3, -0.25) is 0 Å². The molecule has 2 rings (SSSR count). The molecule has 0 aliphatic carbocycles. The molecular formula is C9H7ClFN3S. The van der Waals surface area contributed by atoms with Crippen LogP contribution < -0.4 is 5.73 Å². The first kappa shape index (κ1) is 10.5. The van der Waals surface area contributed by atoms with Crippen LogP contribution in [0, 0.1) is 5.82 Å².